The van der Waals surface area contributed by atoms with Crippen LogP contribution in [0, 0.1) is 18.3 Å². The number of aromatic nitrogens is 4. The lowest BCUT2D eigenvalue weighted by Crippen LogP contribution is -2.01. The minimum Gasteiger partial charge on any atom is -0.478 e. The highest BCUT2D eigenvalue weighted by Gasteiger charge is 2.10. The molecule has 2 N–H and O–H groups in total. The summed E-state index contributed by atoms with van der Waals surface area (Å²) in [5, 5.41) is 25.0. The summed E-state index contributed by atoms with van der Waals surface area (Å²) in [5.41, 5.74) is 3.11. The van der Waals surface area contributed by atoms with E-state index < -0.39 is 5.97 Å². The van der Waals surface area contributed by atoms with Gasteiger partial charge in [0.1, 0.15) is 0 Å². The Balaban J connectivity index is 1.86. The molecule has 0 bridgehead atoms. The normalized spacial score (nSPS) is 10.3. The highest BCUT2D eigenvalue weighted by Crippen LogP contribution is 2.24. The Bertz CT molecular complexity index is 989. The lowest BCUT2D eigenvalue weighted by molar-refractivity contribution is 0.0697. The van der Waals surface area contributed by atoms with Gasteiger partial charge in [-0.1, -0.05) is 12.1 Å². The van der Waals surface area contributed by atoms with Crippen LogP contribution in [0.15, 0.2) is 42.9 Å². The van der Waals surface area contributed by atoms with Crippen molar-refractivity contribution in [2.75, 3.05) is 5.32 Å². The monoisotopic (exact) mass is 348 g/mol. The maximum atomic E-state index is 11.2. The highest BCUT2D eigenvalue weighted by molar-refractivity contribution is 5.89. The maximum Gasteiger partial charge on any atom is 0.335 e. The number of hydrogen-bond acceptors (Lipinski definition) is 6. The van der Waals surface area contributed by atoms with Crippen molar-refractivity contribution in [1.29, 1.82) is 5.26 Å². The fourth-order valence-electron chi connectivity index (χ4n) is 2.44. The lowest BCUT2D eigenvalue weighted by atomic mass is 10.1. The Labute approximate surface area is 149 Å². The zero-order valence-corrected chi connectivity index (χ0v) is 14.0. The second-order valence-electron chi connectivity index (χ2n) is 5.64. The van der Waals surface area contributed by atoms with Gasteiger partial charge in [0.15, 0.2) is 0 Å². The maximum absolute atomic E-state index is 11.2. The molecule has 0 unspecified atom stereocenters. The van der Waals surface area contributed by atoms with Crippen LogP contribution in [0.4, 0.5) is 11.6 Å². The predicted molar refractivity (Wildman–Crippen MR) is 94.9 cm³/mol. The molecule has 0 fully saturated rings. The molecule has 8 nitrogen and oxygen atoms in total. The first-order chi connectivity index (χ1) is 12.6. The van der Waals surface area contributed by atoms with Crippen LogP contribution in [0.25, 0.3) is 11.3 Å². The van der Waals surface area contributed by atoms with Crippen LogP contribution >= 0.6 is 0 Å². The number of carboxylic acid groups (broad SMARTS) is 1. The largest absolute Gasteiger partial charge is 0.478 e. The Hall–Kier alpha value is -3.73. The summed E-state index contributed by atoms with van der Waals surface area (Å²) >= 11 is 0. The Morgan fingerprint density at radius 3 is 3.00 bits per heavy atom. The van der Waals surface area contributed by atoms with Gasteiger partial charge in [-0.2, -0.15) is 10.4 Å². The van der Waals surface area contributed by atoms with Gasteiger partial charge in [-0.25, -0.2) is 14.8 Å². The number of anilines is 2. The molecule has 0 aliphatic rings. The highest BCUT2D eigenvalue weighted by atomic mass is 16.4. The fraction of sp³-hybridized carbons (Fsp3) is 0.167. The van der Waals surface area contributed by atoms with E-state index in [1.54, 1.807) is 35.4 Å². The number of benzene rings is 1. The van der Waals surface area contributed by atoms with Crippen molar-refractivity contribution in [3.8, 4) is 17.3 Å². The molecule has 0 atom stereocenters. The molecule has 130 valence electrons. The average molecular weight is 348 g/mol. The van der Waals surface area contributed by atoms with Crippen molar-refractivity contribution in [1.82, 2.24) is 19.7 Å². The second kappa shape index (κ2) is 7.44. The van der Waals surface area contributed by atoms with E-state index in [4.69, 9.17) is 10.4 Å². The third-order valence-electron chi connectivity index (χ3n) is 3.70. The first-order valence-electron chi connectivity index (χ1n) is 7.90. The predicted octanol–water partition coefficient (Wildman–Crippen LogP) is 3.00. The smallest absolute Gasteiger partial charge is 0.335 e. The molecule has 2 heterocycles. The molecule has 1 aromatic carbocycles. The number of nitrogens with zero attached hydrogens (tertiary/aromatic N) is 5. The second-order valence-corrected chi connectivity index (χ2v) is 5.64. The summed E-state index contributed by atoms with van der Waals surface area (Å²) in [6.07, 6.45) is 5.46. The van der Waals surface area contributed by atoms with E-state index in [0.717, 1.165) is 5.56 Å². The molecule has 0 amide bonds. The molecular formula is C18H16N6O2. The van der Waals surface area contributed by atoms with Gasteiger partial charge in [0.25, 0.3) is 0 Å². The number of rotatable bonds is 6. The molecule has 0 aliphatic carbocycles. The molecule has 8 heteroatoms. The van der Waals surface area contributed by atoms with E-state index in [9.17, 15) is 4.79 Å². The van der Waals surface area contributed by atoms with E-state index in [2.05, 4.69) is 26.5 Å². The van der Waals surface area contributed by atoms with E-state index in [0.29, 0.717) is 35.9 Å². The number of nitrogens with one attached hydrogen (secondary N) is 1. The van der Waals surface area contributed by atoms with Crippen molar-refractivity contribution in [2.45, 2.75) is 19.9 Å². The average Bonchev–Trinajstić information content (AvgIpc) is 3.09. The number of aryl methyl sites for hydroxylation is 2. The minimum absolute atomic E-state index is 0.203. The van der Waals surface area contributed by atoms with Crippen molar-refractivity contribution in [3.05, 3.63) is 54.0 Å². The van der Waals surface area contributed by atoms with Gasteiger partial charge >= 0.3 is 5.97 Å². The first kappa shape index (κ1) is 17.1. The summed E-state index contributed by atoms with van der Waals surface area (Å²) < 4.78 is 1.66. The Morgan fingerprint density at radius 1 is 1.38 bits per heavy atom. The van der Waals surface area contributed by atoms with Gasteiger partial charge in [-0.15, -0.1) is 0 Å². The Kier molecular flexibility index (Phi) is 4.90. The van der Waals surface area contributed by atoms with Gasteiger partial charge in [0, 0.05) is 18.0 Å². The zero-order valence-electron chi connectivity index (χ0n) is 14.0. The zero-order chi connectivity index (χ0) is 18.5. The van der Waals surface area contributed by atoms with Gasteiger partial charge in [0.05, 0.1) is 42.2 Å². The summed E-state index contributed by atoms with van der Waals surface area (Å²) in [5.74, 6) is -0.604. The first-order valence-corrected chi connectivity index (χ1v) is 7.90. The van der Waals surface area contributed by atoms with Crippen LogP contribution in [0.1, 0.15) is 22.3 Å². The Morgan fingerprint density at radius 2 is 2.23 bits per heavy atom. The van der Waals surface area contributed by atoms with E-state index >= 15 is 0 Å². The van der Waals surface area contributed by atoms with Gasteiger partial charge in [-0.05, 0) is 24.6 Å². The van der Waals surface area contributed by atoms with Gasteiger partial charge in [-0.3, -0.25) is 4.68 Å². The molecule has 0 radical (unpaired) electrons. The molecule has 3 rings (SSSR count). The van der Waals surface area contributed by atoms with Crippen molar-refractivity contribution in [3.63, 3.8) is 0 Å². The number of carbonyl (C=O) groups is 1. The van der Waals surface area contributed by atoms with Crippen LogP contribution in [0.5, 0.6) is 0 Å². The molecule has 2 aromatic heterocycles. The van der Waals surface area contributed by atoms with Gasteiger partial charge in [0.2, 0.25) is 5.95 Å². The topological polar surface area (TPSA) is 117 Å². The number of hydrogen-bond donors (Lipinski definition) is 2. The third kappa shape index (κ3) is 3.84. The molecule has 0 saturated heterocycles. The molecular weight excluding hydrogens is 332 g/mol. The molecule has 0 spiro atoms. The molecule has 0 aliphatic heterocycles. The molecule has 26 heavy (non-hydrogen) atoms. The summed E-state index contributed by atoms with van der Waals surface area (Å²) in [7, 11) is 0. The van der Waals surface area contributed by atoms with Crippen molar-refractivity contribution < 1.29 is 9.90 Å². The van der Waals surface area contributed by atoms with E-state index in [-0.39, 0.29) is 5.56 Å². The SMILES string of the molecule is Cc1cnc(Nc2cnn(CCC#N)c2)nc1-c1cccc(C(=O)O)c1. The van der Waals surface area contributed by atoms with Crippen molar-refractivity contribution in [2.24, 2.45) is 0 Å². The summed E-state index contributed by atoms with van der Waals surface area (Å²) in [4.78, 5) is 19.9. The van der Waals surface area contributed by atoms with Gasteiger partial charge < -0.3 is 10.4 Å². The van der Waals surface area contributed by atoms with Crippen LogP contribution in [-0.2, 0) is 6.54 Å². The summed E-state index contributed by atoms with van der Waals surface area (Å²) in [6.45, 7) is 2.38. The quantitative estimate of drug-likeness (QED) is 0.703. The number of aromatic carboxylic acids is 1. The van der Waals surface area contributed by atoms with Crippen LogP contribution in [0.2, 0.25) is 0 Å². The van der Waals surface area contributed by atoms with Crippen molar-refractivity contribution >= 4 is 17.6 Å². The van der Waals surface area contributed by atoms with E-state index in [1.807, 2.05) is 13.0 Å². The fourth-order valence-corrected chi connectivity index (χ4v) is 2.44. The minimum atomic E-state index is -0.985. The van der Waals surface area contributed by atoms with Crippen LogP contribution < -0.4 is 5.32 Å². The van der Waals surface area contributed by atoms with Crippen LogP contribution in [0.3, 0.4) is 0 Å². The number of carboxylic acids is 1. The molecule has 0 saturated carbocycles. The molecule has 3 aromatic rings. The summed E-state index contributed by atoms with van der Waals surface area (Å²) in [6, 6.07) is 8.69. The van der Waals surface area contributed by atoms with Crippen LogP contribution in [-0.4, -0.2) is 30.8 Å². The lowest BCUT2D eigenvalue weighted by Gasteiger charge is -2.08. The van der Waals surface area contributed by atoms with E-state index in [1.165, 1.54) is 6.07 Å². The number of nitriles is 1. The third-order valence-corrected chi connectivity index (χ3v) is 3.70. The standard InChI is InChI=1S/C18H16N6O2/c1-12-9-20-18(22-15-10-21-24(11-15)7-3-6-19)23-16(12)13-4-2-5-14(8-13)17(25)26/h2,4-5,8-11H,3,7H2,1H3,(H,25,26)(H,20,22,23).